The molecular formula is C12H21N5O. The third kappa shape index (κ3) is 2.83. The summed E-state index contributed by atoms with van der Waals surface area (Å²) < 4.78 is 5.48. The molecule has 4 N–H and O–H groups in total. The van der Waals surface area contributed by atoms with E-state index in [0.717, 1.165) is 32.0 Å². The molecule has 1 aliphatic heterocycles. The van der Waals surface area contributed by atoms with Gasteiger partial charge in [0, 0.05) is 33.3 Å². The van der Waals surface area contributed by atoms with Gasteiger partial charge in [-0.15, -0.1) is 0 Å². The summed E-state index contributed by atoms with van der Waals surface area (Å²) in [6.45, 7) is 3.56. The molecule has 6 heteroatoms. The molecule has 0 saturated carbocycles. The fraction of sp³-hybridized carbons (Fsp3) is 0.583. The van der Waals surface area contributed by atoms with Crippen LogP contribution in [-0.4, -0.2) is 56.3 Å². The molecule has 1 saturated heterocycles. The summed E-state index contributed by atoms with van der Waals surface area (Å²) in [5.41, 5.74) is 12.9. The third-order valence-electron chi connectivity index (χ3n) is 3.24. The lowest BCUT2D eigenvalue weighted by atomic mass is 10.3. The first-order valence-electron chi connectivity index (χ1n) is 6.07. The molecule has 2 rings (SSSR count). The van der Waals surface area contributed by atoms with Crippen LogP contribution in [0.5, 0.6) is 0 Å². The van der Waals surface area contributed by atoms with Gasteiger partial charge in [-0.05, 0) is 13.1 Å². The van der Waals surface area contributed by atoms with Gasteiger partial charge in [0.05, 0.1) is 23.7 Å². The second-order valence-corrected chi connectivity index (χ2v) is 4.75. The van der Waals surface area contributed by atoms with E-state index < -0.39 is 0 Å². The molecular weight excluding hydrogens is 230 g/mol. The molecule has 0 amide bonds. The van der Waals surface area contributed by atoms with Gasteiger partial charge in [0.25, 0.3) is 0 Å². The molecule has 1 fully saturated rings. The Hall–Kier alpha value is -1.53. The number of ether oxygens (including phenoxy) is 1. The summed E-state index contributed by atoms with van der Waals surface area (Å²) in [5, 5.41) is 0. The van der Waals surface area contributed by atoms with Crippen LogP contribution in [0.3, 0.4) is 0 Å². The van der Waals surface area contributed by atoms with Crippen molar-refractivity contribution >= 4 is 17.2 Å². The quantitative estimate of drug-likeness (QED) is 0.771. The van der Waals surface area contributed by atoms with Crippen molar-refractivity contribution < 1.29 is 4.74 Å². The van der Waals surface area contributed by atoms with Crippen LogP contribution in [0.4, 0.5) is 17.2 Å². The van der Waals surface area contributed by atoms with Crippen LogP contribution in [0.25, 0.3) is 0 Å². The number of methoxy groups -OCH3 is 1. The third-order valence-corrected chi connectivity index (χ3v) is 3.24. The first kappa shape index (κ1) is 12.9. The number of anilines is 3. The fourth-order valence-corrected chi connectivity index (χ4v) is 2.22. The second-order valence-electron chi connectivity index (χ2n) is 4.75. The standard InChI is InChI=1S/C12H21N5O/c1-16-3-4-17(8-10(7-16)18-2)12-11(14)5-9(13)6-15-12/h5-6,10H,3-4,7-8,13-14H2,1-2H3. The Labute approximate surface area is 108 Å². The molecule has 6 nitrogen and oxygen atoms in total. The number of rotatable bonds is 2. The number of likely N-dealkylation sites (N-methyl/N-ethyl adjacent to an activating group) is 1. The van der Waals surface area contributed by atoms with Gasteiger partial charge in [0.15, 0.2) is 5.82 Å². The highest BCUT2D eigenvalue weighted by atomic mass is 16.5. The van der Waals surface area contributed by atoms with Crippen LogP contribution in [-0.2, 0) is 4.74 Å². The Kier molecular flexibility index (Phi) is 3.88. The van der Waals surface area contributed by atoms with Crippen molar-refractivity contribution in [1.82, 2.24) is 9.88 Å². The molecule has 2 heterocycles. The van der Waals surface area contributed by atoms with Crippen molar-refractivity contribution in [3.8, 4) is 0 Å². The number of pyridine rings is 1. The van der Waals surface area contributed by atoms with Crippen molar-refractivity contribution in [2.24, 2.45) is 0 Å². The molecule has 0 aromatic carbocycles. The van der Waals surface area contributed by atoms with Gasteiger partial charge in [0.2, 0.25) is 0 Å². The first-order chi connectivity index (χ1) is 8.60. The van der Waals surface area contributed by atoms with Gasteiger partial charge in [-0.25, -0.2) is 4.98 Å². The van der Waals surface area contributed by atoms with Crippen LogP contribution < -0.4 is 16.4 Å². The molecule has 1 aromatic heterocycles. The predicted octanol–water partition coefficient (Wildman–Crippen LogP) is 0.0128. The zero-order chi connectivity index (χ0) is 13.1. The SMILES string of the molecule is COC1CN(C)CCN(c2ncc(N)cc2N)C1. The number of aromatic nitrogens is 1. The van der Waals surface area contributed by atoms with Crippen molar-refractivity contribution in [1.29, 1.82) is 0 Å². The largest absolute Gasteiger partial charge is 0.397 e. The molecule has 1 aromatic rings. The average Bonchev–Trinajstić information content (AvgIpc) is 2.51. The van der Waals surface area contributed by atoms with Crippen LogP contribution >= 0.6 is 0 Å². The van der Waals surface area contributed by atoms with E-state index in [4.69, 9.17) is 16.2 Å². The minimum Gasteiger partial charge on any atom is -0.397 e. The topological polar surface area (TPSA) is 80.6 Å². The monoisotopic (exact) mass is 251 g/mol. The summed E-state index contributed by atoms with van der Waals surface area (Å²) >= 11 is 0. The van der Waals surface area contributed by atoms with E-state index in [-0.39, 0.29) is 6.10 Å². The first-order valence-corrected chi connectivity index (χ1v) is 6.07. The maximum absolute atomic E-state index is 5.99. The van der Waals surface area contributed by atoms with E-state index in [1.807, 2.05) is 0 Å². The number of hydrogen-bond acceptors (Lipinski definition) is 6. The minimum absolute atomic E-state index is 0.163. The van der Waals surface area contributed by atoms with Crippen molar-refractivity contribution in [3.05, 3.63) is 12.3 Å². The average molecular weight is 251 g/mol. The molecule has 0 bridgehead atoms. The highest BCUT2D eigenvalue weighted by Gasteiger charge is 2.22. The van der Waals surface area contributed by atoms with E-state index in [2.05, 4.69) is 21.8 Å². The lowest BCUT2D eigenvalue weighted by Crippen LogP contribution is -2.35. The number of nitrogens with two attached hydrogens (primary N) is 2. The highest BCUT2D eigenvalue weighted by Crippen LogP contribution is 2.23. The van der Waals surface area contributed by atoms with E-state index in [1.165, 1.54) is 0 Å². The van der Waals surface area contributed by atoms with Crippen LogP contribution in [0, 0.1) is 0 Å². The van der Waals surface area contributed by atoms with Gasteiger partial charge in [-0.1, -0.05) is 0 Å². The van der Waals surface area contributed by atoms with Gasteiger partial charge in [-0.2, -0.15) is 0 Å². The van der Waals surface area contributed by atoms with E-state index in [1.54, 1.807) is 19.4 Å². The number of nitrogen functional groups attached to an aromatic ring is 2. The van der Waals surface area contributed by atoms with Crippen LogP contribution in [0.15, 0.2) is 12.3 Å². The molecule has 0 radical (unpaired) electrons. The zero-order valence-corrected chi connectivity index (χ0v) is 11.0. The minimum atomic E-state index is 0.163. The molecule has 18 heavy (non-hydrogen) atoms. The highest BCUT2D eigenvalue weighted by molar-refractivity contribution is 5.67. The van der Waals surface area contributed by atoms with Gasteiger partial charge < -0.3 is 26.0 Å². The Morgan fingerprint density at radius 3 is 2.78 bits per heavy atom. The normalized spacial score (nSPS) is 21.9. The molecule has 0 spiro atoms. The van der Waals surface area contributed by atoms with E-state index in [9.17, 15) is 0 Å². The van der Waals surface area contributed by atoms with Crippen LogP contribution in [0.2, 0.25) is 0 Å². The predicted molar refractivity (Wildman–Crippen MR) is 73.6 cm³/mol. The van der Waals surface area contributed by atoms with E-state index in [0.29, 0.717) is 11.4 Å². The van der Waals surface area contributed by atoms with Gasteiger partial charge in [0.1, 0.15) is 0 Å². The molecule has 0 aliphatic carbocycles. The maximum atomic E-state index is 5.99. The molecule has 100 valence electrons. The lowest BCUT2D eigenvalue weighted by molar-refractivity contribution is 0.0868. The van der Waals surface area contributed by atoms with Crippen LogP contribution in [0.1, 0.15) is 0 Å². The number of hydrogen-bond donors (Lipinski definition) is 2. The Morgan fingerprint density at radius 2 is 2.11 bits per heavy atom. The Morgan fingerprint density at radius 1 is 1.33 bits per heavy atom. The van der Waals surface area contributed by atoms with Crippen molar-refractivity contribution in [3.63, 3.8) is 0 Å². The summed E-state index contributed by atoms with van der Waals surface area (Å²) in [6.07, 6.45) is 1.80. The van der Waals surface area contributed by atoms with Crippen molar-refractivity contribution in [2.45, 2.75) is 6.10 Å². The summed E-state index contributed by atoms with van der Waals surface area (Å²) in [6, 6.07) is 1.75. The molecule has 1 unspecified atom stereocenters. The molecule has 1 atom stereocenters. The Balaban J connectivity index is 2.20. The molecule has 1 aliphatic rings. The lowest BCUT2D eigenvalue weighted by Gasteiger charge is -2.25. The number of nitrogens with zero attached hydrogens (tertiary/aromatic N) is 3. The maximum Gasteiger partial charge on any atom is 0.152 e. The summed E-state index contributed by atoms with van der Waals surface area (Å²) in [7, 11) is 3.83. The second kappa shape index (κ2) is 5.41. The smallest absolute Gasteiger partial charge is 0.152 e. The zero-order valence-electron chi connectivity index (χ0n) is 11.0. The van der Waals surface area contributed by atoms with Gasteiger partial charge in [-0.3, -0.25) is 0 Å². The summed E-state index contributed by atoms with van der Waals surface area (Å²) in [5.74, 6) is 0.793. The van der Waals surface area contributed by atoms with Crippen molar-refractivity contribution in [2.75, 3.05) is 56.7 Å². The fourth-order valence-electron chi connectivity index (χ4n) is 2.22. The Bertz CT molecular complexity index is 411. The van der Waals surface area contributed by atoms with Gasteiger partial charge >= 0.3 is 0 Å². The summed E-state index contributed by atoms with van der Waals surface area (Å²) in [4.78, 5) is 8.75. The van der Waals surface area contributed by atoms with E-state index >= 15 is 0 Å².